The molecule has 0 saturated carbocycles. The molecule has 3 atom stereocenters. The number of aromatic nitrogens is 2. The van der Waals surface area contributed by atoms with Crippen LogP contribution in [-0.2, 0) is 10.0 Å². The van der Waals surface area contributed by atoms with Crippen molar-refractivity contribution < 1.29 is 13.2 Å². The largest absolute Gasteiger partial charge is 0.490 e. The number of fused-ring (bicyclic) bond motifs is 2. The van der Waals surface area contributed by atoms with E-state index in [9.17, 15) is 8.42 Å². The molecule has 1 aromatic carbocycles. The maximum absolute atomic E-state index is 13.3. The van der Waals surface area contributed by atoms with Crippen molar-refractivity contribution in [2.24, 2.45) is 0 Å². The molecule has 1 N–H and O–H groups in total. The van der Waals surface area contributed by atoms with Crippen molar-refractivity contribution in [2.75, 3.05) is 0 Å². The Balaban J connectivity index is 1.50. The third-order valence-electron chi connectivity index (χ3n) is 6.07. The van der Waals surface area contributed by atoms with Gasteiger partial charge in [-0.25, -0.2) is 8.42 Å². The lowest BCUT2D eigenvalue weighted by atomic mass is 10.0. The van der Waals surface area contributed by atoms with Crippen molar-refractivity contribution in [1.82, 2.24) is 14.5 Å². The number of aryl methyl sites for hydroxylation is 2. The summed E-state index contributed by atoms with van der Waals surface area (Å²) in [6.07, 6.45) is 3.31. The number of ether oxygens (including phenoxy) is 1. The van der Waals surface area contributed by atoms with Crippen molar-refractivity contribution in [3.05, 3.63) is 41.2 Å². The molecule has 1 aromatic heterocycles. The van der Waals surface area contributed by atoms with Crippen LogP contribution in [-0.4, -0.2) is 41.1 Å². The first-order valence-electron chi connectivity index (χ1n) is 10.1. The summed E-state index contributed by atoms with van der Waals surface area (Å²) in [7, 11) is -3.54. The van der Waals surface area contributed by atoms with E-state index in [1.807, 2.05) is 12.1 Å². The predicted octanol–water partition coefficient (Wildman–Crippen LogP) is 3.91. The van der Waals surface area contributed by atoms with Crippen molar-refractivity contribution in [1.29, 1.82) is 0 Å². The van der Waals surface area contributed by atoms with E-state index in [-0.39, 0.29) is 18.2 Å². The minimum absolute atomic E-state index is 0.00242. The lowest BCUT2D eigenvalue weighted by molar-refractivity contribution is 0.0956. The highest BCUT2D eigenvalue weighted by Gasteiger charge is 2.48. The lowest BCUT2D eigenvalue weighted by Crippen LogP contribution is -2.49. The van der Waals surface area contributed by atoms with Gasteiger partial charge in [-0.2, -0.15) is 9.40 Å². The van der Waals surface area contributed by atoms with Crippen LogP contribution in [0.2, 0.25) is 0 Å². The van der Waals surface area contributed by atoms with Gasteiger partial charge in [0.05, 0.1) is 11.4 Å². The molecule has 2 saturated heterocycles. The second-order valence-electron chi connectivity index (χ2n) is 8.42. The van der Waals surface area contributed by atoms with Gasteiger partial charge in [0.2, 0.25) is 10.0 Å². The average Bonchev–Trinajstić information content (AvgIpc) is 3.13. The monoisotopic (exact) mass is 403 g/mol. The van der Waals surface area contributed by atoms with Gasteiger partial charge in [0.15, 0.2) is 0 Å². The van der Waals surface area contributed by atoms with Gasteiger partial charge < -0.3 is 4.74 Å². The van der Waals surface area contributed by atoms with Gasteiger partial charge in [-0.05, 0) is 50.3 Å². The molecule has 2 aromatic rings. The van der Waals surface area contributed by atoms with E-state index in [0.29, 0.717) is 22.2 Å². The van der Waals surface area contributed by atoms with Crippen LogP contribution in [0, 0.1) is 13.8 Å². The summed E-state index contributed by atoms with van der Waals surface area (Å²) in [6, 6.07) is 8.27. The Hall–Kier alpha value is -1.86. The second-order valence-corrected chi connectivity index (χ2v) is 10.2. The highest BCUT2D eigenvalue weighted by Crippen LogP contribution is 2.41. The van der Waals surface area contributed by atoms with Crippen molar-refractivity contribution in [3.63, 3.8) is 0 Å². The standard InChI is InChI=1S/C21H29N3O3S/c1-13(2)16-5-9-19(10-6-16)27-20-11-17-7-8-18(12-20)24(17)28(25,26)21-14(3)22-23-15(21)4/h5-6,9-10,13,17-18,20H,7-8,11-12H2,1-4H3,(H,22,23)/t17-,18+,20+. The molecule has 6 nitrogen and oxygen atoms in total. The van der Waals surface area contributed by atoms with Crippen LogP contribution < -0.4 is 4.74 Å². The SMILES string of the molecule is Cc1n[nH]c(C)c1S(=O)(=O)N1[C@@H]2CC[C@H]1C[C@@H](Oc1ccc(C(C)C)cc1)C2. The second kappa shape index (κ2) is 7.19. The summed E-state index contributed by atoms with van der Waals surface area (Å²) in [5, 5.41) is 6.89. The van der Waals surface area contributed by atoms with Crippen molar-refractivity contribution >= 4 is 10.0 Å². The maximum atomic E-state index is 13.3. The molecule has 0 spiro atoms. The van der Waals surface area contributed by atoms with Gasteiger partial charge >= 0.3 is 0 Å². The molecule has 3 heterocycles. The van der Waals surface area contributed by atoms with Crippen LogP contribution in [0.1, 0.15) is 62.4 Å². The zero-order chi connectivity index (χ0) is 20.1. The minimum atomic E-state index is -3.54. The van der Waals surface area contributed by atoms with Crippen molar-refractivity contribution in [2.45, 2.75) is 82.4 Å². The minimum Gasteiger partial charge on any atom is -0.490 e. The quantitative estimate of drug-likeness (QED) is 0.821. The Morgan fingerprint density at radius 2 is 1.71 bits per heavy atom. The first-order valence-corrected chi connectivity index (χ1v) is 11.5. The Bertz CT molecular complexity index is 916. The Kier molecular flexibility index (Phi) is 5.00. The molecule has 4 rings (SSSR count). The van der Waals surface area contributed by atoms with E-state index in [2.05, 4.69) is 36.2 Å². The van der Waals surface area contributed by atoms with Gasteiger partial charge in [-0.1, -0.05) is 26.0 Å². The molecular formula is C21H29N3O3S. The summed E-state index contributed by atoms with van der Waals surface area (Å²) in [5.41, 5.74) is 2.44. The number of hydrogen-bond donors (Lipinski definition) is 1. The Morgan fingerprint density at radius 3 is 2.21 bits per heavy atom. The first-order chi connectivity index (χ1) is 13.3. The van der Waals surface area contributed by atoms with Crippen LogP contribution in [0.5, 0.6) is 5.75 Å². The number of rotatable bonds is 5. The Labute approximate surface area is 167 Å². The fraction of sp³-hybridized carbons (Fsp3) is 0.571. The number of H-pyrrole nitrogens is 1. The molecule has 28 heavy (non-hydrogen) atoms. The van der Waals surface area contributed by atoms with Crippen LogP contribution in [0.15, 0.2) is 29.2 Å². The molecule has 0 radical (unpaired) electrons. The predicted molar refractivity (Wildman–Crippen MR) is 108 cm³/mol. The smallest absolute Gasteiger partial charge is 0.247 e. The number of aromatic amines is 1. The molecule has 0 aliphatic carbocycles. The van der Waals surface area contributed by atoms with Crippen molar-refractivity contribution in [3.8, 4) is 5.75 Å². The molecule has 2 aliphatic heterocycles. The molecular weight excluding hydrogens is 374 g/mol. The van der Waals surface area contributed by atoms with E-state index < -0.39 is 10.0 Å². The number of sulfonamides is 1. The van der Waals surface area contributed by atoms with Crippen LogP contribution in [0.3, 0.4) is 0 Å². The normalized spacial score (nSPS) is 25.4. The van der Waals surface area contributed by atoms with Gasteiger partial charge in [0, 0.05) is 24.9 Å². The third kappa shape index (κ3) is 3.35. The molecule has 152 valence electrons. The number of hydrogen-bond acceptors (Lipinski definition) is 4. The Morgan fingerprint density at radius 1 is 1.11 bits per heavy atom. The lowest BCUT2D eigenvalue weighted by Gasteiger charge is -2.37. The number of nitrogens with one attached hydrogen (secondary N) is 1. The number of benzene rings is 1. The van der Waals surface area contributed by atoms with E-state index in [4.69, 9.17) is 4.74 Å². The van der Waals surface area contributed by atoms with Crippen LogP contribution in [0.25, 0.3) is 0 Å². The van der Waals surface area contributed by atoms with Gasteiger partial charge in [-0.15, -0.1) is 0 Å². The molecule has 0 unspecified atom stereocenters. The summed E-state index contributed by atoms with van der Waals surface area (Å²) in [4.78, 5) is 0.341. The summed E-state index contributed by atoms with van der Waals surface area (Å²) >= 11 is 0. The first kappa shape index (κ1) is 19.5. The highest BCUT2D eigenvalue weighted by atomic mass is 32.2. The molecule has 2 fully saturated rings. The molecule has 2 bridgehead atoms. The summed E-state index contributed by atoms with van der Waals surface area (Å²) in [5.74, 6) is 1.36. The summed E-state index contributed by atoms with van der Waals surface area (Å²) < 4.78 is 34.7. The fourth-order valence-electron chi connectivity index (χ4n) is 4.72. The maximum Gasteiger partial charge on any atom is 0.247 e. The molecule has 7 heteroatoms. The van der Waals surface area contributed by atoms with E-state index >= 15 is 0 Å². The number of piperidine rings is 1. The zero-order valence-electron chi connectivity index (χ0n) is 17.0. The number of nitrogens with zero attached hydrogens (tertiary/aromatic N) is 2. The third-order valence-corrected chi connectivity index (χ3v) is 8.34. The van der Waals surface area contributed by atoms with Crippen LogP contribution >= 0.6 is 0 Å². The van der Waals surface area contributed by atoms with Crippen LogP contribution in [0.4, 0.5) is 0 Å². The average molecular weight is 404 g/mol. The van der Waals surface area contributed by atoms with E-state index in [0.717, 1.165) is 31.4 Å². The topological polar surface area (TPSA) is 75.3 Å². The molecule has 0 amide bonds. The van der Waals surface area contributed by atoms with Gasteiger partial charge in [0.1, 0.15) is 16.7 Å². The summed E-state index contributed by atoms with van der Waals surface area (Å²) in [6.45, 7) is 7.86. The zero-order valence-corrected chi connectivity index (χ0v) is 17.8. The van der Waals surface area contributed by atoms with E-state index in [1.54, 1.807) is 18.2 Å². The highest BCUT2D eigenvalue weighted by molar-refractivity contribution is 7.89. The van der Waals surface area contributed by atoms with E-state index in [1.165, 1.54) is 5.56 Å². The fourth-order valence-corrected chi connectivity index (χ4v) is 6.95. The molecule has 2 aliphatic rings. The van der Waals surface area contributed by atoms with Gasteiger partial charge in [-0.3, -0.25) is 5.10 Å². The van der Waals surface area contributed by atoms with Gasteiger partial charge in [0.25, 0.3) is 0 Å².